The van der Waals surface area contributed by atoms with Crippen LogP contribution in [0, 0.1) is 6.07 Å². The molecule has 0 atom stereocenters. The molecule has 0 aliphatic heterocycles. The van der Waals surface area contributed by atoms with E-state index in [2.05, 4.69) is 36.4 Å². The van der Waals surface area contributed by atoms with Gasteiger partial charge in [0.2, 0.25) is 0 Å². The minimum Gasteiger partial charge on any atom is -0.457 e. The first kappa shape index (κ1) is 15.2. The van der Waals surface area contributed by atoms with Crippen molar-refractivity contribution in [3.05, 3.63) is 109 Å². The number of rotatable bonds is 4. The maximum atomic E-state index is 6.12. The Morgan fingerprint density at radius 1 is 0.520 bits per heavy atom. The van der Waals surface area contributed by atoms with Crippen molar-refractivity contribution in [1.29, 1.82) is 0 Å². The summed E-state index contributed by atoms with van der Waals surface area (Å²) in [6.07, 6.45) is 0. The molecule has 1 radical (unpaired) electrons. The molecule has 0 bridgehead atoms. The minimum atomic E-state index is 0.803. The Morgan fingerprint density at radius 3 is 1.72 bits per heavy atom. The Hall–Kier alpha value is -3.32. The Labute approximate surface area is 148 Å². The maximum Gasteiger partial charge on any atom is 0.135 e. The molecule has 0 spiro atoms. The van der Waals surface area contributed by atoms with E-state index in [1.165, 1.54) is 0 Å². The molecule has 25 heavy (non-hydrogen) atoms. The van der Waals surface area contributed by atoms with E-state index < -0.39 is 0 Å². The first-order valence-electron chi connectivity index (χ1n) is 8.30. The Kier molecular flexibility index (Phi) is 4.30. The average molecular weight is 321 g/mol. The highest BCUT2D eigenvalue weighted by Crippen LogP contribution is 2.36. The molecule has 0 saturated carbocycles. The van der Waals surface area contributed by atoms with E-state index in [4.69, 9.17) is 4.74 Å². The average Bonchev–Trinajstić information content (AvgIpc) is 2.70. The van der Waals surface area contributed by atoms with E-state index in [9.17, 15) is 0 Å². The number of para-hydroxylation sites is 1. The molecular weight excluding hydrogens is 304 g/mol. The number of hydrogen-bond acceptors (Lipinski definition) is 1. The van der Waals surface area contributed by atoms with Gasteiger partial charge in [0, 0.05) is 11.6 Å². The molecule has 1 heteroatoms. The SMILES string of the molecule is [c]1c(-c2ccccc2)ccc(Oc2ccccc2)c1-c1ccccc1. The standard InChI is InChI=1S/C24H17O/c1-4-10-19(11-5-1)21-16-17-24(25-22-14-8-3-9-15-22)23(18-21)20-12-6-2-7-13-20/h1-17H. The van der Waals surface area contributed by atoms with Crippen molar-refractivity contribution in [3.63, 3.8) is 0 Å². The summed E-state index contributed by atoms with van der Waals surface area (Å²) in [5.41, 5.74) is 4.25. The Morgan fingerprint density at radius 2 is 1.08 bits per heavy atom. The molecule has 0 fully saturated rings. The number of ether oxygens (including phenoxy) is 1. The van der Waals surface area contributed by atoms with E-state index in [-0.39, 0.29) is 0 Å². The van der Waals surface area contributed by atoms with Crippen molar-refractivity contribution in [3.8, 4) is 33.8 Å². The summed E-state index contributed by atoms with van der Waals surface area (Å²) in [7, 11) is 0. The summed E-state index contributed by atoms with van der Waals surface area (Å²) in [6.45, 7) is 0. The zero-order chi connectivity index (χ0) is 16.9. The lowest BCUT2D eigenvalue weighted by Gasteiger charge is -2.13. The van der Waals surface area contributed by atoms with Crippen molar-refractivity contribution in [2.75, 3.05) is 0 Å². The highest BCUT2D eigenvalue weighted by molar-refractivity contribution is 5.77. The predicted molar refractivity (Wildman–Crippen MR) is 103 cm³/mol. The van der Waals surface area contributed by atoms with Crippen LogP contribution in [-0.2, 0) is 0 Å². The molecule has 0 aromatic heterocycles. The molecule has 4 aromatic carbocycles. The molecule has 0 saturated heterocycles. The Balaban J connectivity index is 1.81. The molecule has 0 unspecified atom stereocenters. The van der Waals surface area contributed by atoms with Crippen LogP contribution in [0.25, 0.3) is 22.3 Å². The number of benzene rings is 4. The van der Waals surface area contributed by atoms with E-state index in [1.807, 2.05) is 72.8 Å². The van der Waals surface area contributed by atoms with E-state index in [0.717, 1.165) is 33.8 Å². The van der Waals surface area contributed by atoms with Gasteiger partial charge in [0.1, 0.15) is 11.5 Å². The van der Waals surface area contributed by atoms with Crippen LogP contribution in [0.1, 0.15) is 0 Å². The molecule has 0 aliphatic carbocycles. The van der Waals surface area contributed by atoms with Crippen LogP contribution in [0.4, 0.5) is 0 Å². The van der Waals surface area contributed by atoms with Gasteiger partial charge in [0.05, 0.1) is 0 Å². The predicted octanol–water partition coefficient (Wildman–Crippen LogP) is 6.61. The lowest BCUT2D eigenvalue weighted by atomic mass is 9.98. The van der Waals surface area contributed by atoms with Gasteiger partial charge in [-0.15, -0.1) is 0 Å². The monoisotopic (exact) mass is 321 g/mol. The van der Waals surface area contributed by atoms with Crippen molar-refractivity contribution in [2.24, 2.45) is 0 Å². The van der Waals surface area contributed by atoms with Gasteiger partial charge in [-0.2, -0.15) is 0 Å². The summed E-state index contributed by atoms with van der Waals surface area (Å²) in [4.78, 5) is 0. The maximum absolute atomic E-state index is 6.12. The third-order valence-corrected chi connectivity index (χ3v) is 4.03. The van der Waals surface area contributed by atoms with Crippen LogP contribution in [0.5, 0.6) is 11.5 Å². The van der Waals surface area contributed by atoms with E-state index in [0.29, 0.717) is 0 Å². The molecule has 0 aliphatic rings. The molecule has 0 N–H and O–H groups in total. The number of hydrogen-bond donors (Lipinski definition) is 0. The smallest absolute Gasteiger partial charge is 0.135 e. The largest absolute Gasteiger partial charge is 0.457 e. The molecule has 4 aromatic rings. The van der Waals surface area contributed by atoms with Crippen LogP contribution in [0.15, 0.2) is 103 Å². The summed E-state index contributed by atoms with van der Waals surface area (Å²) in [5, 5.41) is 0. The summed E-state index contributed by atoms with van der Waals surface area (Å²) in [6, 6.07) is 38.0. The molecule has 119 valence electrons. The fourth-order valence-electron chi connectivity index (χ4n) is 2.79. The summed E-state index contributed by atoms with van der Waals surface area (Å²) < 4.78 is 6.12. The van der Waals surface area contributed by atoms with Crippen LogP contribution < -0.4 is 4.74 Å². The fourth-order valence-corrected chi connectivity index (χ4v) is 2.79. The first-order chi connectivity index (χ1) is 12.4. The third kappa shape index (κ3) is 3.46. The molecule has 1 nitrogen and oxygen atoms in total. The van der Waals surface area contributed by atoms with Gasteiger partial charge < -0.3 is 4.74 Å². The molecular formula is C24H17O. The highest BCUT2D eigenvalue weighted by Gasteiger charge is 2.10. The quantitative estimate of drug-likeness (QED) is 0.411. The topological polar surface area (TPSA) is 9.23 Å². The van der Waals surface area contributed by atoms with Gasteiger partial charge in [0.15, 0.2) is 0 Å². The molecule has 0 amide bonds. The lowest BCUT2D eigenvalue weighted by molar-refractivity contribution is 0.484. The third-order valence-electron chi connectivity index (χ3n) is 4.03. The zero-order valence-corrected chi connectivity index (χ0v) is 13.7. The fraction of sp³-hybridized carbons (Fsp3) is 0. The normalized spacial score (nSPS) is 10.4. The van der Waals surface area contributed by atoms with Gasteiger partial charge in [0.25, 0.3) is 0 Å². The van der Waals surface area contributed by atoms with Crippen molar-refractivity contribution in [2.45, 2.75) is 0 Å². The van der Waals surface area contributed by atoms with Crippen molar-refractivity contribution >= 4 is 0 Å². The zero-order valence-electron chi connectivity index (χ0n) is 13.7. The van der Waals surface area contributed by atoms with E-state index in [1.54, 1.807) is 0 Å². The van der Waals surface area contributed by atoms with Crippen LogP contribution in [0.2, 0.25) is 0 Å². The highest BCUT2D eigenvalue weighted by atomic mass is 16.5. The molecule has 4 rings (SSSR count). The summed E-state index contributed by atoms with van der Waals surface area (Å²) in [5.74, 6) is 1.62. The second-order valence-electron chi connectivity index (χ2n) is 5.76. The van der Waals surface area contributed by atoms with Gasteiger partial charge in [-0.1, -0.05) is 84.9 Å². The van der Waals surface area contributed by atoms with Crippen molar-refractivity contribution < 1.29 is 4.74 Å². The van der Waals surface area contributed by atoms with Crippen LogP contribution in [0.3, 0.4) is 0 Å². The van der Waals surface area contributed by atoms with Crippen LogP contribution in [-0.4, -0.2) is 0 Å². The second kappa shape index (κ2) is 7.06. The Bertz CT molecular complexity index is 945. The van der Waals surface area contributed by atoms with Gasteiger partial charge in [-0.25, -0.2) is 0 Å². The van der Waals surface area contributed by atoms with Crippen LogP contribution >= 0.6 is 0 Å². The van der Waals surface area contributed by atoms with Gasteiger partial charge in [-0.3, -0.25) is 0 Å². The molecule has 0 heterocycles. The first-order valence-corrected chi connectivity index (χ1v) is 8.30. The lowest BCUT2D eigenvalue weighted by Crippen LogP contribution is -1.90. The second-order valence-corrected chi connectivity index (χ2v) is 5.76. The van der Waals surface area contributed by atoms with E-state index >= 15 is 0 Å². The van der Waals surface area contributed by atoms with Crippen molar-refractivity contribution in [1.82, 2.24) is 0 Å². The van der Waals surface area contributed by atoms with Gasteiger partial charge >= 0.3 is 0 Å². The van der Waals surface area contributed by atoms with Gasteiger partial charge in [-0.05, 0) is 34.9 Å². The minimum absolute atomic E-state index is 0.803. The summed E-state index contributed by atoms with van der Waals surface area (Å²) >= 11 is 0.